The van der Waals surface area contributed by atoms with Crippen LogP contribution in [-0.4, -0.2) is 21.0 Å². The van der Waals surface area contributed by atoms with Crippen LogP contribution in [0.2, 0.25) is 5.15 Å². The molecule has 104 valence electrons. The molecule has 1 fully saturated rings. The number of aromatic nitrogens is 2. The average molecular weight is 286 g/mol. The molecule has 6 nitrogen and oxygen atoms in total. The highest BCUT2D eigenvalue weighted by Crippen LogP contribution is 2.34. The van der Waals surface area contributed by atoms with Gasteiger partial charge in [-0.15, -0.1) is 0 Å². The summed E-state index contributed by atoms with van der Waals surface area (Å²) in [5, 5.41) is 10.8. The van der Waals surface area contributed by atoms with E-state index in [1.54, 1.807) is 0 Å². The summed E-state index contributed by atoms with van der Waals surface area (Å²) in [6, 6.07) is 0. The molecule has 0 aliphatic heterocycles. The van der Waals surface area contributed by atoms with E-state index in [1.165, 1.54) is 12.7 Å². The van der Waals surface area contributed by atoms with Gasteiger partial charge in [0.05, 0.1) is 4.92 Å². The summed E-state index contributed by atoms with van der Waals surface area (Å²) in [5.74, 6) is 0.599. The van der Waals surface area contributed by atoms with Crippen LogP contribution in [0, 0.1) is 16.0 Å². The molecule has 1 aliphatic rings. The monoisotopic (exact) mass is 285 g/mol. The fourth-order valence-electron chi connectivity index (χ4n) is 2.46. The Balaban J connectivity index is 2.14. The van der Waals surface area contributed by atoms with Gasteiger partial charge < -0.3 is 4.74 Å². The van der Waals surface area contributed by atoms with E-state index in [2.05, 4.69) is 16.9 Å². The first-order valence-electron chi connectivity index (χ1n) is 6.43. The van der Waals surface area contributed by atoms with E-state index in [4.69, 9.17) is 16.3 Å². The van der Waals surface area contributed by atoms with E-state index < -0.39 is 4.92 Å². The van der Waals surface area contributed by atoms with Crippen LogP contribution in [0.3, 0.4) is 0 Å². The topological polar surface area (TPSA) is 78.2 Å². The number of nitro groups is 1. The maximum atomic E-state index is 11.0. The van der Waals surface area contributed by atoms with Crippen molar-refractivity contribution in [1.29, 1.82) is 0 Å². The van der Waals surface area contributed by atoms with Crippen LogP contribution in [-0.2, 0) is 0 Å². The van der Waals surface area contributed by atoms with Gasteiger partial charge in [-0.1, -0.05) is 31.4 Å². The summed E-state index contributed by atoms with van der Waals surface area (Å²) < 4.78 is 5.68. The number of rotatable bonds is 4. The van der Waals surface area contributed by atoms with Crippen LogP contribution in [0.5, 0.6) is 5.88 Å². The highest BCUT2D eigenvalue weighted by molar-refractivity contribution is 6.31. The van der Waals surface area contributed by atoms with Crippen LogP contribution in [0.4, 0.5) is 5.69 Å². The summed E-state index contributed by atoms with van der Waals surface area (Å²) >= 11 is 5.73. The van der Waals surface area contributed by atoms with E-state index in [0.717, 1.165) is 25.7 Å². The predicted octanol–water partition coefficient (Wildman–Crippen LogP) is 3.39. The first-order valence-corrected chi connectivity index (χ1v) is 6.81. The van der Waals surface area contributed by atoms with Crippen molar-refractivity contribution in [3.05, 3.63) is 21.6 Å². The molecule has 0 radical (unpaired) electrons. The van der Waals surface area contributed by atoms with Crippen molar-refractivity contribution in [2.75, 3.05) is 0 Å². The lowest BCUT2D eigenvalue weighted by Gasteiger charge is -2.28. The van der Waals surface area contributed by atoms with Gasteiger partial charge in [-0.3, -0.25) is 10.1 Å². The molecule has 0 N–H and O–H groups in total. The molecule has 1 saturated carbocycles. The van der Waals surface area contributed by atoms with Gasteiger partial charge in [0.1, 0.15) is 12.4 Å². The first kappa shape index (κ1) is 14.0. The van der Waals surface area contributed by atoms with E-state index in [1.807, 2.05) is 0 Å². The second-order valence-electron chi connectivity index (χ2n) is 4.76. The third-order valence-corrected chi connectivity index (χ3v) is 3.79. The first-order chi connectivity index (χ1) is 9.11. The van der Waals surface area contributed by atoms with Gasteiger partial charge in [0.15, 0.2) is 0 Å². The molecule has 0 saturated heterocycles. The summed E-state index contributed by atoms with van der Waals surface area (Å²) in [6.07, 6.45) is 6.35. The van der Waals surface area contributed by atoms with E-state index >= 15 is 0 Å². The van der Waals surface area contributed by atoms with E-state index in [0.29, 0.717) is 5.92 Å². The fraction of sp³-hybridized carbons (Fsp3) is 0.667. The molecule has 7 heteroatoms. The Labute approximate surface area is 116 Å². The molecule has 2 unspecified atom stereocenters. The van der Waals surface area contributed by atoms with Crippen molar-refractivity contribution in [2.45, 2.75) is 45.1 Å². The average Bonchev–Trinajstić information content (AvgIpc) is 2.38. The molecule has 0 amide bonds. The molecule has 0 bridgehead atoms. The van der Waals surface area contributed by atoms with Gasteiger partial charge in [-0.05, 0) is 25.2 Å². The molecular weight excluding hydrogens is 270 g/mol. The van der Waals surface area contributed by atoms with E-state index in [9.17, 15) is 10.1 Å². The zero-order chi connectivity index (χ0) is 13.8. The zero-order valence-electron chi connectivity index (χ0n) is 10.7. The Hall–Kier alpha value is -1.43. The van der Waals surface area contributed by atoms with Gasteiger partial charge in [0, 0.05) is 0 Å². The molecule has 19 heavy (non-hydrogen) atoms. The minimum absolute atomic E-state index is 0.0215. The Morgan fingerprint density at radius 1 is 1.53 bits per heavy atom. The van der Waals surface area contributed by atoms with Gasteiger partial charge >= 0.3 is 5.69 Å². The van der Waals surface area contributed by atoms with Crippen molar-refractivity contribution in [3.8, 4) is 5.88 Å². The molecular formula is C12H16ClN3O3. The second-order valence-corrected chi connectivity index (χ2v) is 5.11. The van der Waals surface area contributed by atoms with Crippen LogP contribution in [0.15, 0.2) is 6.33 Å². The zero-order valence-corrected chi connectivity index (χ0v) is 11.5. The largest absolute Gasteiger partial charge is 0.469 e. The van der Waals surface area contributed by atoms with Gasteiger partial charge in [-0.2, -0.15) is 4.98 Å². The number of hydrogen-bond acceptors (Lipinski definition) is 5. The Morgan fingerprint density at radius 3 is 3.00 bits per heavy atom. The molecule has 2 atom stereocenters. The molecule has 1 aliphatic carbocycles. The highest BCUT2D eigenvalue weighted by atomic mass is 35.5. The van der Waals surface area contributed by atoms with Crippen LogP contribution in [0.1, 0.15) is 39.0 Å². The van der Waals surface area contributed by atoms with Gasteiger partial charge in [-0.25, -0.2) is 4.98 Å². The summed E-state index contributed by atoms with van der Waals surface area (Å²) in [6.45, 7) is 2.15. The lowest BCUT2D eigenvalue weighted by molar-refractivity contribution is -0.386. The van der Waals surface area contributed by atoms with Crippen molar-refractivity contribution < 1.29 is 9.66 Å². The predicted molar refractivity (Wildman–Crippen MR) is 70.4 cm³/mol. The lowest BCUT2D eigenvalue weighted by atomic mass is 9.85. The Kier molecular flexibility index (Phi) is 4.52. The standard InChI is InChI=1S/C12H16ClN3O3/c1-2-8-4-3-5-9(6-8)19-12-10(16(17)18)11(13)14-7-15-12/h7-9H,2-6H2,1H3. The smallest absolute Gasteiger partial charge is 0.367 e. The van der Waals surface area contributed by atoms with Crippen LogP contribution in [0.25, 0.3) is 0 Å². The lowest BCUT2D eigenvalue weighted by Crippen LogP contribution is -2.25. The third kappa shape index (κ3) is 3.32. The minimum atomic E-state index is -0.599. The third-order valence-electron chi connectivity index (χ3n) is 3.52. The fourth-order valence-corrected chi connectivity index (χ4v) is 2.65. The highest BCUT2D eigenvalue weighted by Gasteiger charge is 2.28. The van der Waals surface area contributed by atoms with Crippen molar-refractivity contribution in [1.82, 2.24) is 9.97 Å². The second kappa shape index (κ2) is 6.14. The van der Waals surface area contributed by atoms with Crippen molar-refractivity contribution in [3.63, 3.8) is 0 Å². The summed E-state index contributed by atoms with van der Waals surface area (Å²) in [7, 11) is 0. The van der Waals surface area contributed by atoms with Crippen molar-refractivity contribution in [2.24, 2.45) is 5.92 Å². The molecule has 1 aromatic rings. The Bertz CT molecular complexity index is 470. The minimum Gasteiger partial charge on any atom is -0.469 e. The number of halogens is 1. The maximum Gasteiger partial charge on any atom is 0.367 e. The van der Waals surface area contributed by atoms with E-state index in [-0.39, 0.29) is 22.8 Å². The number of ether oxygens (including phenoxy) is 1. The molecule has 2 rings (SSSR count). The molecule has 1 aromatic heterocycles. The maximum absolute atomic E-state index is 11.0. The van der Waals surface area contributed by atoms with Gasteiger partial charge in [0.25, 0.3) is 5.88 Å². The van der Waals surface area contributed by atoms with Crippen LogP contribution >= 0.6 is 11.6 Å². The number of nitrogens with zero attached hydrogens (tertiary/aromatic N) is 3. The van der Waals surface area contributed by atoms with Crippen molar-refractivity contribution >= 4 is 17.3 Å². The molecule has 0 spiro atoms. The van der Waals surface area contributed by atoms with Crippen LogP contribution < -0.4 is 4.74 Å². The Morgan fingerprint density at radius 2 is 2.32 bits per heavy atom. The summed E-state index contributed by atoms with van der Waals surface area (Å²) in [5.41, 5.74) is -0.345. The SMILES string of the molecule is CCC1CCCC(Oc2ncnc(Cl)c2[N+](=O)[O-])C1. The summed E-state index contributed by atoms with van der Waals surface area (Å²) in [4.78, 5) is 17.8. The quantitative estimate of drug-likeness (QED) is 0.481. The number of hydrogen-bond donors (Lipinski definition) is 0. The normalized spacial score (nSPS) is 23.1. The molecule has 1 heterocycles. The molecule has 0 aromatic carbocycles. The van der Waals surface area contributed by atoms with Gasteiger partial charge in [0.2, 0.25) is 5.15 Å².